The molecule has 24 heavy (non-hydrogen) atoms. The molecule has 0 aliphatic heterocycles. The second-order valence-corrected chi connectivity index (χ2v) is 6.17. The number of anilines is 1. The first-order chi connectivity index (χ1) is 11.4. The number of hydrogen-bond donors (Lipinski definition) is 2. The number of nitrogens with zero attached hydrogens (tertiary/aromatic N) is 1. The molecule has 0 radical (unpaired) electrons. The summed E-state index contributed by atoms with van der Waals surface area (Å²) in [6.45, 7) is 1.82. The summed E-state index contributed by atoms with van der Waals surface area (Å²) in [4.78, 5) is 27.3. The summed E-state index contributed by atoms with van der Waals surface area (Å²) < 4.78 is 5.20. The number of aromatic carboxylic acids is 1. The molecule has 2 rings (SSSR count). The molecule has 0 fully saturated rings. The van der Waals surface area contributed by atoms with Gasteiger partial charge in [-0.2, -0.15) is 0 Å². The van der Waals surface area contributed by atoms with E-state index in [1.807, 2.05) is 6.92 Å². The van der Waals surface area contributed by atoms with E-state index in [-0.39, 0.29) is 17.2 Å². The largest absolute Gasteiger partial charge is 0.495 e. The van der Waals surface area contributed by atoms with Crippen LogP contribution < -0.4 is 10.1 Å². The zero-order valence-electron chi connectivity index (χ0n) is 13.0. The van der Waals surface area contributed by atoms with Crippen molar-refractivity contribution in [2.75, 3.05) is 18.2 Å². The van der Waals surface area contributed by atoms with E-state index in [1.165, 1.54) is 25.4 Å². The minimum Gasteiger partial charge on any atom is -0.495 e. The fraction of sp³-hybridized carbons (Fsp3) is 0.188. The summed E-state index contributed by atoms with van der Waals surface area (Å²) in [6, 6.07) is 6.32. The Morgan fingerprint density at radius 2 is 2.17 bits per heavy atom. The van der Waals surface area contributed by atoms with Gasteiger partial charge in [-0.05, 0) is 30.7 Å². The van der Waals surface area contributed by atoms with Crippen LogP contribution in [0.1, 0.15) is 15.9 Å². The highest BCUT2D eigenvalue weighted by atomic mass is 35.5. The van der Waals surface area contributed by atoms with E-state index >= 15 is 0 Å². The van der Waals surface area contributed by atoms with Crippen molar-refractivity contribution in [1.82, 2.24) is 4.98 Å². The Morgan fingerprint density at radius 1 is 1.42 bits per heavy atom. The average Bonchev–Trinajstić information content (AvgIpc) is 2.56. The summed E-state index contributed by atoms with van der Waals surface area (Å²) in [5.74, 6) is -0.918. The molecule has 1 aromatic carbocycles. The lowest BCUT2D eigenvalue weighted by atomic mass is 10.2. The van der Waals surface area contributed by atoms with E-state index in [0.29, 0.717) is 21.5 Å². The molecule has 1 aromatic heterocycles. The lowest BCUT2D eigenvalue weighted by Crippen LogP contribution is -2.15. The summed E-state index contributed by atoms with van der Waals surface area (Å²) >= 11 is 7.08. The maximum Gasteiger partial charge on any atom is 0.338 e. The van der Waals surface area contributed by atoms with E-state index in [2.05, 4.69) is 10.3 Å². The minimum atomic E-state index is -1.08. The van der Waals surface area contributed by atoms with Crippen LogP contribution in [-0.2, 0) is 4.79 Å². The predicted octanol–water partition coefficient (Wildman–Crippen LogP) is 3.48. The third-order valence-corrected chi connectivity index (χ3v) is 4.51. The van der Waals surface area contributed by atoms with E-state index in [1.54, 1.807) is 12.1 Å². The Kier molecular flexibility index (Phi) is 6.05. The second-order valence-electron chi connectivity index (χ2n) is 4.80. The maximum absolute atomic E-state index is 12.1. The third-order valence-electron chi connectivity index (χ3n) is 3.10. The molecule has 2 aromatic rings. The molecule has 0 saturated carbocycles. The number of benzene rings is 1. The topological polar surface area (TPSA) is 88.5 Å². The van der Waals surface area contributed by atoms with Crippen LogP contribution in [0.4, 0.5) is 5.69 Å². The van der Waals surface area contributed by atoms with Gasteiger partial charge in [-0.3, -0.25) is 4.79 Å². The standard InChI is InChI=1S/C16H15ClN2O4S/c1-9-6-12(13(23-2)7-11(9)17)19-14(20)8-24-15-10(16(21)22)4-3-5-18-15/h3-7H,8H2,1-2H3,(H,19,20)(H,21,22). The van der Waals surface area contributed by atoms with Gasteiger partial charge in [0.15, 0.2) is 0 Å². The Hall–Kier alpha value is -2.25. The fourth-order valence-corrected chi connectivity index (χ4v) is 2.86. The van der Waals surface area contributed by atoms with Crippen molar-refractivity contribution < 1.29 is 19.4 Å². The predicted molar refractivity (Wildman–Crippen MR) is 93.3 cm³/mol. The summed E-state index contributed by atoms with van der Waals surface area (Å²) in [5.41, 5.74) is 1.37. The first kappa shape index (κ1) is 18.1. The van der Waals surface area contributed by atoms with Crippen LogP contribution in [0.3, 0.4) is 0 Å². The molecule has 1 amide bonds. The number of carbonyl (C=O) groups is 2. The number of ether oxygens (including phenoxy) is 1. The lowest BCUT2D eigenvalue weighted by molar-refractivity contribution is -0.113. The molecule has 6 nitrogen and oxygen atoms in total. The monoisotopic (exact) mass is 366 g/mol. The minimum absolute atomic E-state index is 0.0160. The molecular weight excluding hydrogens is 352 g/mol. The quantitative estimate of drug-likeness (QED) is 0.761. The van der Waals surface area contributed by atoms with Gasteiger partial charge in [0.05, 0.1) is 24.1 Å². The van der Waals surface area contributed by atoms with Gasteiger partial charge in [-0.15, -0.1) is 0 Å². The first-order valence-electron chi connectivity index (χ1n) is 6.87. The normalized spacial score (nSPS) is 10.3. The molecule has 8 heteroatoms. The number of thioether (sulfide) groups is 1. The number of rotatable bonds is 6. The van der Waals surface area contributed by atoms with Gasteiger partial charge in [-0.25, -0.2) is 9.78 Å². The smallest absolute Gasteiger partial charge is 0.338 e. The summed E-state index contributed by atoms with van der Waals surface area (Å²) in [6.07, 6.45) is 1.48. The van der Waals surface area contributed by atoms with Gasteiger partial charge in [0.25, 0.3) is 0 Å². The van der Waals surface area contributed by atoms with Crippen molar-refractivity contribution in [1.29, 1.82) is 0 Å². The molecular formula is C16H15ClN2O4S. The fourth-order valence-electron chi connectivity index (χ4n) is 1.92. The van der Waals surface area contributed by atoms with E-state index in [0.717, 1.165) is 17.3 Å². The van der Waals surface area contributed by atoms with Crippen molar-refractivity contribution in [2.24, 2.45) is 0 Å². The highest BCUT2D eigenvalue weighted by Crippen LogP contribution is 2.31. The number of nitrogens with one attached hydrogen (secondary N) is 1. The third kappa shape index (κ3) is 4.39. The van der Waals surface area contributed by atoms with Crippen molar-refractivity contribution in [3.05, 3.63) is 46.6 Å². The molecule has 0 bridgehead atoms. The Bertz CT molecular complexity index is 783. The Labute approximate surface area is 148 Å². The highest BCUT2D eigenvalue weighted by molar-refractivity contribution is 8.00. The van der Waals surface area contributed by atoms with Gasteiger partial charge in [0, 0.05) is 17.3 Å². The average molecular weight is 367 g/mol. The molecule has 0 atom stereocenters. The van der Waals surface area contributed by atoms with Crippen molar-refractivity contribution in [3.63, 3.8) is 0 Å². The van der Waals surface area contributed by atoms with Crippen LogP contribution in [-0.4, -0.2) is 34.8 Å². The number of carbonyl (C=O) groups excluding carboxylic acids is 1. The number of carboxylic acid groups (broad SMARTS) is 1. The Balaban J connectivity index is 2.07. The molecule has 0 unspecified atom stereocenters. The number of amides is 1. The van der Waals surface area contributed by atoms with Crippen molar-refractivity contribution in [3.8, 4) is 5.75 Å². The van der Waals surface area contributed by atoms with Crippen molar-refractivity contribution >= 4 is 40.9 Å². The SMILES string of the molecule is COc1cc(Cl)c(C)cc1NC(=O)CSc1ncccc1C(=O)O. The maximum atomic E-state index is 12.1. The highest BCUT2D eigenvalue weighted by Gasteiger charge is 2.14. The molecule has 1 heterocycles. The van der Waals surface area contributed by atoms with Crippen LogP contribution >= 0.6 is 23.4 Å². The number of aromatic nitrogens is 1. The molecule has 0 spiro atoms. The van der Waals surface area contributed by atoms with Crippen LogP contribution in [0.15, 0.2) is 35.5 Å². The number of halogens is 1. The number of carboxylic acids is 1. The van der Waals surface area contributed by atoms with Crippen LogP contribution in [0.25, 0.3) is 0 Å². The number of hydrogen-bond acceptors (Lipinski definition) is 5. The van der Waals surface area contributed by atoms with Crippen LogP contribution in [0.5, 0.6) is 5.75 Å². The number of pyridine rings is 1. The summed E-state index contributed by atoms with van der Waals surface area (Å²) in [5, 5.41) is 12.7. The van der Waals surface area contributed by atoms with E-state index < -0.39 is 5.97 Å². The van der Waals surface area contributed by atoms with Gasteiger partial charge in [-0.1, -0.05) is 23.4 Å². The Morgan fingerprint density at radius 3 is 2.83 bits per heavy atom. The zero-order chi connectivity index (χ0) is 17.7. The molecule has 0 saturated heterocycles. The molecule has 126 valence electrons. The molecule has 0 aliphatic carbocycles. The zero-order valence-corrected chi connectivity index (χ0v) is 14.6. The lowest BCUT2D eigenvalue weighted by Gasteiger charge is -2.12. The van der Waals surface area contributed by atoms with Crippen molar-refractivity contribution in [2.45, 2.75) is 11.9 Å². The van der Waals surface area contributed by atoms with Gasteiger partial charge >= 0.3 is 5.97 Å². The molecule has 2 N–H and O–H groups in total. The first-order valence-corrected chi connectivity index (χ1v) is 8.23. The van der Waals surface area contributed by atoms with E-state index in [9.17, 15) is 9.59 Å². The van der Waals surface area contributed by atoms with Gasteiger partial charge in [0.1, 0.15) is 10.8 Å². The summed E-state index contributed by atoms with van der Waals surface area (Å²) in [7, 11) is 1.48. The van der Waals surface area contributed by atoms with E-state index in [4.69, 9.17) is 21.4 Å². The molecule has 0 aliphatic rings. The number of methoxy groups -OCH3 is 1. The van der Waals surface area contributed by atoms with Crippen LogP contribution in [0.2, 0.25) is 5.02 Å². The van der Waals surface area contributed by atoms with Gasteiger partial charge in [0.2, 0.25) is 5.91 Å². The number of aryl methyl sites for hydroxylation is 1. The second kappa shape index (κ2) is 8.03. The van der Waals surface area contributed by atoms with Crippen LogP contribution in [0, 0.1) is 6.92 Å². The van der Waals surface area contributed by atoms with Gasteiger partial charge < -0.3 is 15.2 Å².